The molecule has 4 rings (SSSR count). The predicted octanol–water partition coefficient (Wildman–Crippen LogP) is 2.33. The van der Waals surface area contributed by atoms with Gasteiger partial charge in [-0.05, 0) is 32.0 Å². The van der Waals surface area contributed by atoms with Crippen LogP contribution in [0.3, 0.4) is 0 Å². The van der Waals surface area contributed by atoms with Crippen molar-refractivity contribution in [2.45, 2.75) is 24.8 Å². The van der Waals surface area contributed by atoms with Gasteiger partial charge in [0.1, 0.15) is 5.82 Å². The van der Waals surface area contributed by atoms with E-state index >= 15 is 0 Å². The quantitative estimate of drug-likeness (QED) is 0.528. The fraction of sp³-hybridized carbons (Fsp3) is 0.417. The van der Waals surface area contributed by atoms with Crippen LogP contribution in [0.4, 0.5) is 0 Å². The van der Waals surface area contributed by atoms with Crippen molar-refractivity contribution in [2.75, 3.05) is 40.4 Å². The number of hydrogen-bond donors (Lipinski definition) is 0. The average molecular weight is 487 g/mol. The number of ether oxygens (including phenoxy) is 2. The Morgan fingerprint density at radius 3 is 2.15 bits per heavy atom. The summed E-state index contributed by atoms with van der Waals surface area (Å²) in [5.41, 5.74) is 1.37. The number of sulfonamides is 1. The first-order chi connectivity index (χ1) is 16.2. The zero-order chi connectivity index (χ0) is 24.6. The average Bonchev–Trinajstić information content (AvgIpc) is 2.85. The van der Waals surface area contributed by atoms with Gasteiger partial charge in [-0.1, -0.05) is 17.7 Å². The number of benzene rings is 2. The summed E-state index contributed by atoms with van der Waals surface area (Å²) in [6.45, 7) is 5.72. The van der Waals surface area contributed by atoms with Gasteiger partial charge in [-0.25, -0.2) is 13.4 Å². The van der Waals surface area contributed by atoms with Crippen molar-refractivity contribution in [3.8, 4) is 11.5 Å². The molecule has 1 atom stereocenters. The Bertz CT molecular complexity index is 1360. The van der Waals surface area contributed by atoms with Crippen molar-refractivity contribution in [3.63, 3.8) is 0 Å². The van der Waals surface area contributed by atoms with Crippen LogP contribution in [-0.2, 0) is 17.1 Å². The molecule has 0 aliphatic carbocycles. The Kier molecular flexibility index (Phi) is 6.66. The van der Waals surface area contributed by atoms with Crippen molar-refractivity contribution >= 4 is 20.9 Å². The smallest absolute Gasteiger partial charge is 0.261 e. The summed E-state index contributed by atoms with van der Waals surface area (Å²) in [5, 5.41) is 0.449. The number of piperazine rings is 1. The van der Waals surface area contributed by atoms with E-state index in [4.69, 9.17) is 14.5 Å². The molecule has 34 heavy (non-hydrogen) atoms. The molecule has 0 bridgehead atoms. The van der Waals surface area contributed by atoms with Gasteiger partial charge >= 0.3 is 0 Å². The molecule has 182 valence electrons. The largest absolute Gasteiger partial charge is 0.493 e. The number of methoxy groups -OCH3 is 2. The van der Waals surface area contributed by atoms with Crippen LogP contribution >= 0.6 is 0 Å². The van der Waals surface area contributed by atoms with Crippen LogP contribution in [0.1, 0.15) is 24.4 Å². The maximum Gasteiger partial charge on any atom is 0.261 e. The molecule has 3 aromatic rings. The zero-order valence-electron chi connectivity index (χ0n) is 20.1. The molecule has 1 aliphatic heterocycles. The Morgan fingerprint density at radius 1 is 0.971 bits per heavy atom. The molecule has 2 aromatic carbocycles. The SMILES string of the molecule is COc1cc2nc(C(C)N3CCN(S(=O)(=O)c4ccc(C)cc4)CC3)n(C)c(=O)c2cc1OC. The van der Waals surface area contributed by atoms with Crippen LogP contribution in [0, 0.1) is 6.92 Å². The minimum absolute atomic E-state index is 0.173. The minimum Gasteiger partial charge on any atom is -0.493 e. The lowest BCUT2D eigenvalue weighted by Gasteiger charge is -2.37. The van der Waals surface area contributed by atoms with E-state index in [1.54, 1.807) is 43.0 Å². The molecule has 0 saturated carbocycles. The van der Waals surface area contributed by atoms with Crippen LogP contribution in [-0.4, -0.2) is 67.6 Å². The van der Waals surface area contributed by atoms with E-state index in [2.05, 4.69) is 4.90 Å². The van der Waals surface area contributed by atoms with Crippen LogP contribution in [0.15, 0.2) is 46.1 Å². The highest BCUT2D eigenvalue weighted by Gasteiger charge is 2.31. The molecule has 1 unspecified atom stereocenters. The standard InChI is InChI=1S/C24H30N4O5S/c1-16-6-8-18(9-7-16)34(30,31)28-12-10-27(11-13-28)17(2)23-25-20-15-22(33-5)21(32-4)14-19(20)24(29)26(23)3/h6-9,14-15,17H,10-13H2,1-5H3. The third kappa shape index (κ3) is 4.28. The van der Waals surface area contributed by atoms with Crippen LogP contribution < -0.4 is 15.0 Å². The number of nitrogens with zero attached hydrogens (tertiary/aromatic N) is 4. The maximum atomic E-state index is 13.1. The lowest BCUT2D eigenvalue weighted by Crippen LogP contribution is -2.49. The van der Waals surface area contributed by atoms with Crippen LogP contribution in [0.2, 0.25) is 0 Å². The molecule has 0 amide bonds. The Morgan fingerprint density at radius 2 is 1.56 bits per heavy atom. The zero-order valence-corrected chi connectivity index (χ0v) is 20.9. The molecular weight excluding hydrogens is 456 g/mol. The molecule has 1 fully saturated rings. The lowest BCUT2D eigenvalue weighted by atomic mass is 10.1. The second kappa shape index (κ2) is 9.36. The van der Waals surface area contributed by atoms with Crippen LogP contribution in [0.25, 0.3) is 10.9 Å². The summed E-state index contributed by atoms with van der Waals surface area (Å²) in [7, 11) is 1.23. The Labute approximate surface area is 199 Å². The number of rotatable bonds is 6. The molecule has 1 saturated heterocycles. The predicted molar refractivity (Wildman–Crippen MR) is 130 cm³/mol. The normalized spacial score (nSPS) is 16.5. The molecule has 0 spiro atoms. The van der Waals surface area contributed by atoms with Gasteiger partial charge in [-0.15, -0.1) is 0 Å². The number of aryl methyl sites for hydroxylation is 1. The van der Waals surface area contributed by atoms with E-state index in [9.17, 15) is 13.2 Å². The molecular formula is C24H30N4O5S. The van der Waals surface area contributed by atoms with Gasteiger partial charge < -0.3 is 9.47 Å². The summed E-state index contributed by atoms with van der Waals surface area (Å²) in [4.78, 5) is 20.3. The van der Waals surface area contributed by atoms with Gasteiger partial charge in [-0.3, -0.25) is 14.3 Å². The van der Waals surface area contributed by atoms with Gasteiger partial charge in [0.15, 0.2) is 11.5 Å². The molecule has 1 aliphatic rings. The fourth-order valence-corrected chi connectivity index (χ4v) is 5.76. The third-order valence-electron chi connectivity index (χ3n) is 6.47. The van der Waals surface area contributed by atoms with Crippen LogP contribution in [0.5, 0.6) is 11.5 Å². The summed E-state index contributed by atoms with van der Waals surface area (Å²) in [6.07, 6.45) is 0. The highest BCUT2D eigenvalue weighted by molar-refractivity contribution is 7.89. The van der Waals surface area contributed by atoms with Crippen molar-refractivity contribution in [2.24, 2.45) is 7.05 Å². The van der Waals surface area contributed by atoms with Gasteiger partial charge in [0, 0.05) is 39.3 Å². The van der Waals surface area contributed by atoms with Crippen molar-refractivity contribution < 1.29 is 17.9 Å². The highest BCUT2D eigenvalue weighted by atomic mass is 32.2. The molecule has 2 heterocycles. The molecule has 1 aromatic heterocycles. The molecule has 10 heteroatoms. The number of fused-ring (bicyclic) bond motifs is 1. The number of aromatic nitrogens is 2. The summed E-state index contributed by atoms with van der Waals surface area (Å²) < 4.78 is 39.8. The van der Waals surface area contributed by atoms with Gasteiger partial charge in [0.05, 0.1) is 36.1 Å². The highest BCUT2D eigenvalue weighted by Crippen LogP contribution is 2.31. The van der Waals surface area contributed by atoms with Crippen molar-refractivity contribution in [1.82, 2.24) is 18.8 Å². The van der Waals surface area contributed by atoms with E-state index in [-0.39, 0.29) is 11.6 Å². The Balaban J connectivity index is 1.57. The van der Waals surface area contributed by atoms with E-state index in [1.165, 1.54) is 11.4 Å². The Hall–Kier alpha value is -2.95. The maximum absolute atomic E-state index is 13.1. The van der Waals surface area contributed by atoms with E-state index in [1.807, 2.05) is 26.0 Å². The first-order valence-electron chi connectivity index (χ1n) is 11.1. The van der Waals surface area contributed by atoms with Gasteiger partial charge in [0.25, 0.3) is 5.56 Å². The van der Waals surface area contributed by atoms with Gasteiger partial charge in [-0.2, -0.15) is 4.31 Å². The second-order valence-corrected chi connectivity index (χ2v) is 10.4. The van der Waals surface area contributed by atoms with E-state index < -0.39 is 10.0 Å². The number of hydrogen-bond acceptors (Lipinski definition) is 7. The first kappa shape index (κ1) is 24.2. The molecule has 9 nitrogen and oxygen atoms in total. The van der Waals surface area contributed by atoms with E-state index in [0.717, 1.165) is 5.56 Å². The first-order valence-corrected chi connectivity index (χ1v) is 12.5. The van der Waals surface area contributed by atoms with Crippen molar-refractivity contribution in [1.29, 1.82) is 0 Å². The molecule has 0 N–H and O–H groups in total. The second-order valence-electron chi connectivity index (χ2n) is 8.49. The van der Waals surface area contributed by atoms with Crippen molar-refractivity contribution in [3.05, 3.63) is 58.1 Å². The van der Waals surface area contributed by atoms with Gasteiger partial charge in [0.2, 0.25) is 10.0 Å². The summed E-state index contributed by atoms with van der Waals surface area (Å²) in [6, 6.07) is 10.1. The fourth-order valence-electron chi connectivity index (χ4n) is 4.34. The third-order valence-corrected chi connectivity index (χ3v) is 8.38. The molecule has 0 radical (unpaired) electrons. The lowest BCUT2D eigenvalue weighted by molar-refractivity contribution is 0.139. The summed E-state index contributed by atoms with van der Waals surface area (Å²) >= 11 is 0. The van der Waals surface area contributed by atoms with E-state index in [0.29, 0.717) is 59.3 Å². The topological polar surface area (TPSA) is 94.0 Å². The minimum atomic E-state index is -3.54. The summed E-state index contributed by atoms with van der Waals surface area (Å²) in [5.74, 6) is 1.59. The monoisotopic (exact) mass is 486 g/mol.